The molecule has 1 fully saturated rings. The van der Waals surface area contributed by atoms with E-state index in [1.165, 1.54) is 0 Å². The molecule has 8 heteroatoms. The maximum Gasteiger partial charge on any atom is 0.232 e. The SMILES string of the molecule is CCCS(=O)(=O)Nc1ccc(-c2cc(N(C=O)C3CC3)nc3[nH]ccc23)c(C)c1. The molecule has 1 aliphatic rings. The number of hydrogen-bond donors (Lipinski definition) is 2. The molecule has 1 amide bonds. The minimum Gasteiger partial charge on any atom is -0.346 e. The van der Waals surface area contributed by atoms with Gasteiger partial charge in [-0.25, -0.2) is 13.4 Å². The Hall–Kier alpha value is -2.87. The van der Waals surface area contributed by atoms with Crippen LogP contribution >= 0.6 is 0 Å². The van der Waals surface area contributed by atoms with Crippen molar-refractivity contribution in [2.45, 2.75) is 39.2 Å². The van der Waals surface area contributed by atoms with Crippen molar-refractivity contribution < 1.29 is 13.2 Å². The van der Waals surface area contributed by atoms with E-state index in [0.29, 0.717) is 17.9 Å². The van der Waals surface area contributed by atoms with Crippen LogP contribution in [0.15, 0.2) is 36.5 Å². The van der Waals surface area contributed by atoms with Gasteiger partial charge in [0.05, 0.1) is 5.75 Å². The number of aromatic amines is 1. The van der Waals surface area contributed by atoms with E-state index in [-0.39, 0.29) is 11.8 Å². The number of fused-ring (bicyclic) bond motifs is 1. The first-order valence-electron chi connectivity index (χ1n) is 9.75. The minimum absolute atomic E-state index is 0.0915. The van der Waals surface area contributed by atoms with E-state index in [2.05, 4.69) is 14.7 Å². The largest absolute Gasteiger partial charge is 0.346 e. The lowest BCUT2D eigenvalue weighted by Crippen LogP contribution is -2.24. The summed E-state index contributed by atoms with van der Waals surface area (Å²) >= 11 is 0. The number of anilines is 2. The molecule has 2 heterocycles. The first-order chi connectivity index (χ1) is 13.9. The predicted octanol–water partition coefficient (Wildman–Crippen LogP) is 3.82. The molecular formula is C21H24N4O3S. The van der Waals surface area contributed by atoms with Gasteiger partial charge in [0.15, 0.2) is 0 Å². The zero-order valence-electron chi connectivity index (χ0n) is 16.5. The van der Waals surface area contributed by atoms with Crippen LogP contribution in [0, 0.1) is 6.92 Å². The number of rotatable bonds is 8. The fourth-order valence-electron chi connectivity index (χ4n) is 3.59. The van der Waals surface area contributed by atoms with Crippen molar-refractivity contribution >= 4 is 39.0 Å². The number of nitrogens with one attached hydrogen (secondary N) is 2. The molecule has 152 valence electrons. The quantitative estimate of drug-likeness (QED) is 0.550. The standard InChI is InChI=1S/C21H24N4O3S/c1-3-10-29(27,28)24-15-4-7-17(14(2)11-15)19-12-20(25(13-26)16-5-6-16)23-21-18(19)8-9-22-21/h4,7-9,11-13,16,24H,3,5-6,10H2,1-2H3,(H,22,23). The highest BCUT2D eigenvalue weighted by atomic mass is 32.2. The van der Waals surface area contributed by atoms with Gasteiger partial charge in [-0.1, -0.05) is 13.0 Å². The molecule has 0 bridgehead atoms. The average Bonchev–Trinajstić information content (AvgIpc) is 3.37. The van der Waals surface area contributed by atoms with Crippen LogP contribution in [0.4, 0.5) is 11.5 Å². The van der Waals surface area contributed by atoms with E-state index in [0.717, 1.165) is 47.0 Å². The number of H-pyrrole nitrogens is 1. The number of carbonyl (C=O) groups is 1. The molecule has 0 spiro atoms. The molecule has 3 aromatic rings. The minimum atomic E-state index is -3.34. The highest BCUT2D eigenvalue weighted by molar-refractivity contribution is 7.92. The van der Waals surface area contributed by atoms with Gasteiger partial charge in [-0.05, 0) is 67.1 Å². The highest BCUT2D eigenvalue weighted by Crippen LogP contribution is 2.36. The number of amides is 1. The van der Waals surface area contributed by atoms with E-state index in [9.17, 15) is 13.2 Å². The van der Waals surface area contributed by atoms with E-state index in [1.54, 1.807) is 11.0 Å². The number of benzene rings is 1. The Bertz CT molecular complexity index is 1170. The van der Waals surface area contributed by atoms with Gasteiger partial charge in [0.2, 0.25) is 16.4 Å². The lowest BCUT2D eigenvalue weighted by atomic mass is 9.98. The third-order valence-corrected chi connectivity index (χ3v) is 6.59. The van der Waals surface area contributed by atoms with Crippen LogP contribution in [0.5, 0.6) is 0 Å². The van der Waals surface area contributed by atoms with E-state index >= 15 is 0 Å². The molecule has 7 nitrogen and oxygen atoms in total. The zero-order valence-corrected chi connectivity index (χ0v) is 17.3. The lowest BCUT2D eigenvalue weighted by Gasteiger charge is -2.18. The maximum atomic E-state index is 12.1. The van der Waals surface area contributed by atoms with Crippen LogP contribution < -0.4 is 9.62 Å². The Morgan fingerprint density at radius 1 is 1.24 bits per heavy atom. The molecule has 1 aliphatic carbocycles. The lowest BCUT2D eigenvalue weighted by molar-refractivity contribution is -0.107. The molecule has 29 heavy (non-hydrogen) atoms. The predicted molar refractivity (Wildman–Crippen MR) is 116 cm³/mol. The number of aryl methyl sites for hydroxylation is 1. The normalized spacial score (nSPS) is 14.1. The number of sulfonamides is 1. The third kappa shape index (κ3) is 3.98. The summed E-state index contributed by atoms with van der Waals surface area (Å²) in [7, 11) is -3.34. The molecule has 0 unspecified atom stereocenters. The Labute approximate surface area is 170 Å². The van der Waals surface area contributed by atoms with Crippen molar-refractivity contribution in [3.05, 3.63) is 42.1 Å². The summed E-state index contributed by atoms with van der Waals surface area (Å²) in [6.07, 6.45) is 5.22. The average molecular weight is 413 g/mol. The molecular weight excluding hydrogens is 388 g/mol. The summed E-state index contributed by atoms with van der Waals surface area (Å²) in [6, 6.07) is 9.63. The van der Waals surface area contributed by atoms with Crippen molar-refractivity contribution in [2.75, 3.05) is 15.4 Å². The number of carbonyl (C=O) groups excluding carboxylic acids is 1. The second-order valence-corrected chi connectivity index (χ2v) is 9.30. The topological polar surface area (TPSA) is 95.2 Å². The van der Waals surface area contributed by atoms with Gasteiger partial charge in [0.1, 0.15) is 11.5 Å². The van der Waals surface area contributed by atoms with E-state index in [4.69, 9.17) is 0 Å². The first-order valence-corrected chi connectivity index (χ1v) is 11.4. The molecule has 0 radical (unpaired) electrons. The van der Waals surface area contributed by atoms with Crippen LogP contribution in [0.3, 0.4) is 0 Å². The molecule has 2 N–H and O–H groups in total. The Balaban J connectivity index is 1.76. The number of hydrogen-bond acceptors (Lipinski definition) is 4. The second kappa shape index (κ2) is 7.51. The van der Waals surface area contributed by atoms with Crippen molar-refractivity contribution in [2.24, 2.45) is 0 Å². The van der Waals surface area contributed by atoms with Crippen molar-refractivity contribution in [3.63, 3.8) is 0 Å². The summed E-state index contributed by atoms with van der Waals surface area (Å²) in [5.74, 6) is 0.716. The number of nitrogens with zero attached hydrogens (tertiary/aromatic N) is 2. The van der Waals surface area contributed by atoms with Crippen LogP contribution in [0.2, 0.25) is 0 Å². The van der Waals surface area contributed by atoms with E-state index < -0.39 is 10.0 Å². The Morgan fingerprint density at radius 2 is 2.03 bits per heavy atom. The molecule has 2 aromatic heterocycles. The Kier molecular flexibility index (Phi) is 5.04. The fraction of sp³-hybridized carbons (Fsp3) is 0.333. The smallest absolute Gasteiger partial charge is 0.232 e. The first kappa shape index (κ1) is 19.4. The zero-order chi connectivity index (χ0) is 20.6. The van der Waals surface area contributed by atoms with E-state index in [1.807, 2.05) is 44.3 Å². The van der Waals surface area contributed by atoms with Gasteiger partial charge >= 0.3 is 0 Å². The fourth-order valence-corrected chi connectivity index (χ4v) is 4.71. The summed E-state index contributed by atoms with van der Waals surface area (Å²) in [4.78, 5) is 21.1. The van der Waals surface area contributed by atoms with Crippen molar-refractivity contribution in [1.82, 2.24) is 9.97 Å². The molecule has 0 atom stereocenters. The summed E-state index contributed by atoms with van der Waals surface area (Å²) in [5.41, 5.74) is 4.13. The molecule has 1 aromatic carbocycles. The van der Waals surface area contributed by atoms with Gasteiger partial charge in [-0.3, -0.25) is 14.4 Å². The molecule has 0 aliphatic heterocycles. The number of pyridine rings is 1. The number of aromatic nitrogens is 2. The molecule has 0 saturated heterocycles. The van der Waals surface area contributed by atoms with Gasteiger partial charge < -0.3 is 4.98 Å². The third-order valence-electron chi connectivity index (χ3n) is 5.10. The highest BCUT2D eigenvalue weighted by Gasteiger charge is 2.30. The van der Waals surface area contributed by atoms with Crippen LogP contribution in [-0.2, 0) is 14.8 Å². The summed E-state index contributed by atoms with van der Waals surface area (Å²) in [6.45, 7) is 3.78. The van der Waals surface area contributed by atoms with Crippen molar-refractivity contribution in [3.8, 4) is 11.1 Å². The Morgan fingerprint density at radius 3 is 2.69 bits per heavy atom. The van der Waals surface area contributed by atoms with Gasteiger partial charge in [-0.2, -0.15) is 0 Å². The van der Waals surface area contributed by atoms with Crippen LogP contribution in [-0.4, -0.2) is 36.6 Å². The molecule has 4 rings (SSSR count). The maximum absolute atomic E-state index is 12.1. The van der Waals surface area contributed by atoms with Gasteiger partial charge in [-0.15, -0.1) is 0 Å². The van der Waals surface area contributed by atoms with Crippen LogP contribution in [0.1, 0.15) is 31.7 Å². The summed E-state index contributed by atoms with van der Waals surface area (Å²) in [5, 5.41) is 0.956. The van der Waals surface area contributed by atoms with Gasteiger partial charge in [0, 0.05) is 23.3 Å². The van der Waals surface area contributed by atoms with Crippen LogP contribution in [0.25, 0.3) is 22.2 Å². The summed E-state index contributed by atoms with van der Waals surface area (Å²) < 4.78 is 26.8. The second-order valence-electron chi connectivity index (χ2n) is 7.46. The molecule has 1 saturated carbocycles. The van der Waals surface area contributed by atoms with Crippen molar-refractivity contribution in [1.29, 1.82) is 0 Å². The van der Waals surface area contributed by atoms with Gasteiger partial charge in [0.25, 0.3) is 0 Å². The monoisotopic (exact) mass is 412 g/mol.